The highest BCUT2D eigenvalue weighted by molar-refractivity contribution is 8.00. The monoisotopic (exact) mass is 458 g/mol. The number of benzene rings is 3. The third-order valence-corrected chi connectivity index (χ3v) is 8.02. The summed E-state index contributed by atoms with van der Waals surface area (Å²) in [5.74, 6) is 1.34. The summed E-state index contributed by atoms with van der Waals surface area (Å²) >= 11 is 2.04. The van der Waals surface area contributed by atoms with Crippen LogP contribution in [0, 0.1) is 0 Å². The first kappa shape index (κ1) is 23.7. The first-order valence-corrected chi connectivity index (χ1v) is 12.9. The first-order valence-electron chi connectivity index (χ1n) is 11.9. The van der Waals surface area contributed by atoms with Crippen molar-refractivity contribution in [3.05, 3.63) is 108 Å². The van der Waals surface area contributed by atoms with Gasteiger partial charge in [-0.25, -0.2) is 0 Å². The Labute approximate surface area is 202 Å². The summed E-state index contributed by atoms with van der Waals surface area (Å²) in [6.45, 7) is 7.48. The highest BCUT2D eigenvalue weighted by Crippen LogP contribution is 2.48. The van der Waals surface area contributed by atoms with Crippen LogP contribution in [0.1, 0.15) is 30.0 Å². The predicted octanol–water partition coefficient (Wildman–Crippen LogP) is 5.31. The Morgan fingerprint density at radius 2 is 1.15 bits per heavy atom. The molecule has 0 radical (unpaired) electrons. The second-order valence-electron chi connectivity index (χ2n) is 8.80. The molecule has 0 spiro atoms. The molecule has 0 bridgehead atoms. The van der Waals surface area contributed by atoms with Gasteiger partial charge in [0.15, 0.2) is 0 Å². The van der Waals surface area contributed by atoms with Crippen LogP contribution >= 0.6 is 11.8 Å². The van der Waals surface area contributed by atoms with Crippen molar-refractivity contribution in [2.24, 2.45) is 0 Å². The average Bonchev–Trinajstić information content (AvgIpc) is 2.87. The number of piperazine rings is 1. The van der Waals surface area contributed by atoms with Crippen molar-refractivity contribution in [1.82, 2.24) is 9.80 Å². The van der Waals surface area contributed by atoms with E-state index < -0.39 is 0 Å². The van der Waals surface area contributed by atoms with Crippen molar-refractivity contribution >= 4 is 17.5 Å². The summed E-state index contributed by atoms with van der Waals surface area (Å²) in [7, 11) is 0. The van der Waals surface area contributed by atoms with E-state index in [0.29, 0.717) is 6.54 Å². The standard InChI is InChI=1S/C29H34N2OS/c1-25(32)24-31-21-19-30(20-22-31)18-11-23-33-29(26-12-5-2-6-13-26,27-14-7-3-8-15-27)28-16-9-4-10-17-28/h2-10,12-17H,11,18-24H2,1H3. The fraction of sp³-hybridized carbons (Fsp3) is 0.345. The summed E-state index contributed by atoms with van der Waals surface area (Å²) < 4.78 is -0.232. The molecule has 0 atom stereocenters. The first-order chi connectivity index (χ1) is 16.2. The molecule has 1 aliphatic rings. The van der Waals surface area contributed by atoms with Crippen molar-refractivity contribution in [3.63, 3.8) is 0 Å². The molecule has 1 heterocycles. The molecular formula is C29H34N2OS. The number of Topliss-reactive ketones (excluding diaryl/α,β-unsaturated/α-hetero) is 1. The molecule has 0 amide bonds. The minimum atomic E-state index is -0.232. The van der Waals surface area contributed by atoms with Gasteiger partial charge in [0, 0.05) is 26.2 Å². The van der Waals surface area contributed by atoms with Crippen LogP contribution in [0.5, 0.6) is 0 Å². The molecule has 1 saturated heterocycles. The van der Waals surface area contributed by atoms with Crippen LogP contribution in [0.4, 0.5) is 0 Å². The van der Waals surface area contributed by atoms with Crippen LogP contribution in [-0.4, -0.2) is 60.6 Å². The minimum Gasteiger partial charge on any atom is -0.301 e. The number of carbonyl (C=O) groups excluding carboxylic acids is 1. The van der Waals surface area contributed by atoms with Crippen LogP contribution in [0.25, 0.3) is 0 Å². The summed E-state index contributed by atoms with van der Waals surface area (Å²) in [5.41, 5.74) is 3.97. The van der Waals surface area contributed by atoms with Crippen LogP contribution in [0.2, 0.25) is 0 Å². The fourth-order valence-corrected chi connectivity index (χ4v) is 6.26. The molecule has 3 aromatic rings. The maximum absolute atomic E-state index is 11.4. The Balaban J connectivity index is 1.49. The quantitative estimate of drug-likeness (QED) is 0.303. The average molecular weight is 459 g/mol. The molecular weight excluding hydrogens is 424 g/mol. The third-order valence-electron chi connectivity index (χ3n) is 6.39. The van der Waals surface area contributed by atoms with E-state index in [1.54, 1.807) is 6.92 Å². The molecule has 1 aliphatic heterocycles. The van der Waals surface area contributed by atoms with Gasteiger partial charge < -0.3 is 4.90 Å². The number of ketones is 1. The molecule has 0 aromatic heterocycles. The molecule has 3 aromatic carbocycles. The summed E-state index contributed by atoms with van der Waals surface area (Å²) in [5, 5.41) is 0. The summed E-state index contributed by atoms with van der Waals surface area (Å²) in [6.07, 6.45) is 1.14. The third kappa shape index (κ3) is 5.94. The second kappa shape index (κ2) is 11.6. The van der Waals surface area contributed by atoms with E-state index in [2.05, 4.69) is 101 Å². The molecule has 33 heavy (non-hydrogen) atoms. The van der Waals surface area contributed by atoms with Gasteiger partial charge in [0.2, 0.25) is 0 Å². The van der Waals surface area contributed by atoms with E-state index in [-0.39, 0.29) is 10.5 Å². The van der Waals surface area contributed by atoms with Crippen molar-refractivity contribution in [1.29, 1.82) is 0 Å². The lowest BCUT2D eigenvalue weighted by Gasteiger charge is -2.36. The van der Waals surface area contributed by atoms with E-state index in [1.807, 2.05) is 11.8 Å². The van der Waals surface area contributed by atoms with Crippen LogP contribution < -0.4 is 0 Å². The van der Waals surface area contributed by atoms with E-state index in [9.17, 15) is 4.79 Å². The lowest BCUT2D eigenvalue weighted by molar-refractivity contribution is -0.118. The number of hydrogen-bond donors (Lipinski definition) is 0. The number of carbonyl (C=O) groups is 1. The smallest absolute Gasteiger partial charge is 0.143 e. The highest BCUT2D eigenvalue weighted by atomic mass is 32.2. The van der Waals surface area contributed by atoms with Crippen molar-refractivity contribution in [3.8, 4) is 0 Å². The topological polar surface area (TPSA) is 23.6 Å². The normalized spacial score (nSPS) is 15.4. The Kier molecular flexibility index (Phi) is 8.38. The zero-order valence-electron chi connectivity index (χ0n) is 19.5. The largest absolute Gasteiger partial charge is 0.301 e. The number of rotatable bonds is 10. The molecule has 0 aliphatic carbocycles. The van der Waals surface area contributed by atoms with Gasteiger partial charge in [-0.05, 0) is 42.3 Å². The Morgan fingerprint density at radius 3 is 1.58 bits per heavy atom. The number of thioether (sulfide) groups is 1. The Hall–Kier alpha value is -2.40. The lowest BCUT2D eigenvalue weighted by atomic mass is 9.84. The molecule has 172 valence electrons. The minimum absolute atomic E-state index is 0.232. The Morgan fingerprint density at radius 1 is 0.727 bits per heavy atom. The van der Waals surface area contributed by atoms with Gasteiger partial charge in [0.25, 0.3) is 0 Å². The van der Waals surface area contributed by atoms with Gasteiger partial charge in [-0.3, -0.25) is 9.69 Å². The maximum Gasteiger partial charge on any atom is 0.143 e. The van der Waals surface area contributed by atoms with Gasteiger partial charge in [-0.1, -0.05) is 91.0 Å². The van der Waals surface area contributed by atoms with Gasteiger partial charge in [-0.2, -0.15) is 0 Å². The van der Waals surface area contributed by atoms with Gasteiger partial charge in [-0.15, -0.1) is 11.8 Å². The van der Waals surface area contributed by atoms with E-state index in [1.165, 1.54) is 16.7 Å². The zero-order valence-corrected chi connectivity index (χ0v) is 20.3. The van der Waals surface area contributed by atoms with E-state index in [0.717, 1.165) is 44.9 Å². The maximum atomic E-state index is 11.4. The van der Waals surface area contributed by atoms with Crippen LogP contribution in [0.3, 0.4) is 0 Å². The lowest BCUT2D eigenvalue weighted by Crippen LogP contribution is -2.47. The second-order valence-corrected chi connectivity index (χ2v) is 10.1. The van der Waals surface area contributed by atoms with Crippen LogP contribution in [-0.2, 0) is 9.54 Å². The molecule has 4 heteroatoms. The van der Waals surface area contributed by atoms with Gasteiger partial charge in [0.1, 0.15) is 5.78 Å². The zero-order chi connectivity index (χ0) is 22.9. The molecule has 4 rings (SSSR count). The van der Waals surface area contributed by atoms with Gasteiger partial charge >= 0.3 is 0 Å². The predicted molar refractivity (Wildman–Crippen MR) is 140 cm³/mol. The van der Waals surface area contributed by atoms with Gasteiger partial charge in [0.05, 0.1) is 11.3 Å². The van der Waals surface area contributed by atoms with Crippen molar-refractivity contribution in [2.75, 3.05) is 45.0 Å². The summed E-state index contributed by atoms with van der Waals surface area (Å²) in [4.78, 5) is 16.2. The SMILES string of the molecule is CC(=O)CN1CCN(CCCSC(c2ccccc2)(c2ccccc2)c2ccccc2)CC1. The van der Waals surface area contributed by atoms with E-state index >= 15 is 0 Å². The molecule has 0 unspecified atom stereocenters. The Bertz CT molecular complexity index is 889. The molecule has 3 nitrogen and oxygen atoms in total. The summed E-state index contributed by atoms with van der Waals surface area (Å²) in [6, 6.07) is 32.8. The number of hydrogen-bond acceptors (Lipinski definition) is 4. The van der Waals surface area contributed by atoms with Crippen LogP contribution in [0.15, 0.2) is 91.0 Å². The van der Waals surface area contributed by atoms with Crippen molar-refractivity contribution in [2.45, 2.75) is 18.1 Å². The fourth-order valence-electron chi connectivity index (χ4n) is 4.77. The molecule has 0 saturated carbocycles. The van der Waals surface area contributed by atoms with E-state index in [4.69, 9.17) is 0 Å². The van der Waals surface area contributed by atoms with Crippen molar-refractivity contribution < 1.29 is 4.79 Å². The highest BCUT2D eigenvalue weighted by Gasteiger charge is 2.36. The number of nitrogens with zero attached hydrogens (tertiary/aromatic N) is 2. The molecule has 0 N–H and O–H groups in total. The molecule has 1 fully saturated rings.